The van der Waals surface area contributed by atoms with Gasteiger partial charge < -0.3 is 19.1 Å². The van der Waals surface area contributed by atoms with Crippen molar-refractivity contribution in [3.05, 3.63) is 36.5 Å². The molecule has 0 spiro atoms. The lowest BCUT2D eigenvalue weighted by atomic mass is 10.1. The molecule has 1 saturated heterocycles. The van der Waals surface area contributed by atoms with Crippen LogP contribution in [0.15, 0.2) is 41.4 Å². The molecule has 0 saturated carbocycles. The first-order chi connectivity index (χ1) is 15.9. The Hall–Kier alpha value is -2.95. The molecule has 176 valence electrons. The molecule has 33 heavy (non-hydrogen) atoms. The largest absolute Gasteiger partial charge is 0.497 e. The fourth-order valence-electron chi connectivity index (χ4n) is 3.80. The zero-order chi connectivity index (χ0) is 23.6. The molecule has 0 unspecified atom stereocenters. The predicted molar refractivity (Wildman–Crippen MR) is 126 cm³/mol. The maximum Gasteiger partial charge on any atom is 0.243 e. The Labute approximate surface area is 194 Å². The van der Waals surface area contributed by atoms with E-state index in [9.17, 15) is 8.42 Å². The Balaban J connectivity index is 1.81. The smallest absolute Gasteiger partial charge is 0.243 e. The van der Waals surface area contributed by atoms with E-state index in [1.54, 1.807) is 50.7 Å². The summed E-state index contributed by atoms with van der Waals surface area (Å²) in [5.41, 5.74) is 1.13. The molecule has 0 atom stereocenters. The zero-order valence-electron chi connectivity index (χ0n) is 19.2. The van der Waals surface area contributed by atoms with E-state index in [1.165, 1.54) is 4.31 Å². The molecular formula is C23H28N4O5S. The van der Waals surface area contributed by atoms with Gasteiger partial charge in [-0.05, 0) is 32.2 Å². The second-order valence-electron chi connectivity index (χ2n) is 7.75. The molecule has 0 N–H and O–H groups in total. The molecule has 0 radical (unpaired) electrons. The third-order valence-electron chi connectivity index (χ3n) is 5.68. The lowest BCUT2D eigenvalue weighted by Crippen LogP contribution is -2.47. The van der Waals surface area contributed by atoms with Gasteiger partial charge in [-0.25, -0.2) is 18.4 Å². The third-order valence-corrected chi connectivity index (χ3v) is 7.58. The van der Waals surface area contributed by atoms with Gasteiger partial charge in [-0.15, -0.1) is 0 Å². The minimum atomic E-state index is -3.66. The third kappa shape index (κ3) is 4.59. The van der Waals surface area contributed by atoms with Crippen molar-refractivity contribution in [2.75, 3.05) is 54.1 Å². The fourth-order valence-corrected chi connectivity index (χ4v) is 5.25. The lowest BCUT2D eigenvalue weighted by Gasteiger charge is -2.31. The molecule has 0 aliphatic carbocycles. The maximum absolute atomic E-state index is 13.3. The van der Waals surface area contributed by atoms with Crippen molar-refractivity contribution in [3.8, 4) is 28.6 Å². The van der Waals surface area contributed by atoms with Crippen molar-refractivity contribution < 1.29 is 22.6 Å². The lowest BCUT2D eigenvalue weighted by molar-refractivity contribution is 0.222. The normalized spacial score (nSPS) is 15.5. The number of rotatable bonds is 7. The van der Waals surface area contributed by atoms with Crippen LogP contribution in [-0.2, 0) is 10.0 Å². The Morgan fingerprint density at radius 3 is 2.42 bits per heavy atom. The number of piperazine rings is 1. The summed E-state index contributed by atoms with van der Waals surface area (Å²) in [6.45, 7) is 4.59. The molecular weight excluding hydrogens is 444 g/mol. The average Bonchev–Trinajstić information content (AvgIpc) is 2.83. The predicted octanol–water partition coefficient (Wildman–Crippen LogP) is 2.65. The van der Waals surface area contributed by atoms with E-state index in [2.05, 4.69) is 14.9 Å². The van der Waals surface area contributed by atoms with Gasteiger partial charge in [0.1, 0.15) is 17.2 Å². The van der Waals surface area contributed by atoms with Crippen LogP contribution >= 0.6 is 0 Å². The fraction of sp³-hybridized carbons (Fsp3) is 0.391. The number of methoxy groups -OCH3 is 2. The van der Waals surface area contributed by atoms with Gasteiger partial charge in [-0.2, -0.15) is 4.31 Å². The van der Waals surface area contributed by atoms with E-state index >= 15 is 0 Å². The van der Waals surface area contributed by atoms with Crippen LogP contribution in [-0.4, -0.2) is 81.6 Å². The Kier molecular flexibility index (Phi) is 6.68. The minimum Gasteiger partial charge on any atom is -0.497 e. The van der Waals surface area contributed by atoms with Crippen molar-refractivity contribution >= 4 is 20.9 Å². The van der Waals surface area contributed by atoms with Crippen molar-refractivity contribution in [1.29, 1.82) is 0 Å². The van der Waals surface area contributed by atoms with E-state index in [-0.39, 0.29) is 4.90 Å². The second kappa shape index (κ2) is 9.50. The summed E-state index contributed by atoms with van der Waals surface area (Å²) in [5.74, 6) is 2.06. The van der Waals surface area contributed by atoms with Crippen molar-refractivity contribution in [2.24, 2.45) is 0 Å². The maximum atomic E-state index is 13.3. The second-order valence-corrected chi connectivity index (χ2v) is 9.69. The molecule has 9 nitrogen and oxygen atoms in total. The number of benzene rings is 2. The molecule has 10 heteroatoms. The van der Waals surface area contributed by atoms with Crippen LogP contribution in [0.3, 0.4) is 0 Å². The summed E-state index contributed by atoms with van der Waals surface area (Å²) in [5, 5.41) is 0.723. The van der Waals surface area contributed by atoms with Crippen LogP contribution in [0.1, 0.15) is 6.92 Å². The molecule has 4 rings (SSSR count). The van der Waals surface area contributed by atoms with E-state index < -0.39 is 10.0 Å². The molecule has 1 aliphatic rings. The van der Waals surface area contributed by atoms with Crippen molar-refractivity contribution in [2.45, 2.75) is 11.8 Å². The van der Waals surface area contributed by atoms with Gasteiger partial charge in [0.25, 0.3) is 0 Å². The van der Waals surface area contributed by atoms with Gasteiger partial charge in [0.05, 0.1) is 42.2 Å². The van der Waals surface area contributed by atoms with E-state index in [4.69, 9.17) is 14.2 Å². The molecule has 2 aromatic carbocycles. The van der Waals surface area contributed by atoms with E-state index in [0.29, 0.717) is 66.9 Å². The summed E-state index contributed by atoms with van der Waals surface area (Å²) < 4.78 is 44.7. The summed E-state index contributed by atoms with van der Waals surface area (Å²) in [6, 6.07) is 8.39. The van der Waals surface area contributed by atoms with Gasteiger partial charge in [0.15, 0.2) is 5.82 Å². The Morgan fingerprint density at radius 2 is 1.76 bits per heavy atom. The highest BCUT2D eigenvalue weighted by Gasteiger charge is 2.28. The monoisotopic (exact) mass is 472 g/mol. The number of likely N-dealkylation sites (N-methyl/N-ethyl adjacent to an activating group) is 1. The van der Waals surface area contributed by atoms with Crippen LogP contribution in [0, 0.1) is 0 Å². The molecule has 2 heterocycles. The first kappa shape index (κ1) is 23.2. The van der Waals surface area contributed by atoms with Gasteiger partial charge in [0, 0.05) is 44.5 Å². The van der Waals surface area contributed by atoms with Crippen LogP contribution in [0.5, 0.6) is 17.2 Å². The highest BCUT2D eigenvalue weighted by atomic mass is 32.2. The minimum absolute atomic E-state index is 0.192. The summed E-state index contributed by atoms with van der Waals surface area (Å²) in [6.07, 6.45) is 1.66. The SMILES string of the molecule is CCOc1ccc(S(=O)(=O)N2CCN(C)CC2)cc1-c1ncc2c(OC)cc(OC)cc2n1. The van der Waals surface area contributed by atoms with Crippen molar-refractivity contribution in [1.82, 2.24) is 19.2 Å². The number of aromatic nitrogens is 2. The number of hydrogen-bond acceptors (Lipinski definition) is 8. The van der Waals surface area contributed by atoms with Gasteiger partial charge in [-0.1, -0.05) is 0 Å². The van der Waals surface area contributed by atoms with Crippen LogP contribution in [0.4, 0.5) is 0 Å². The Morgan fingerprint density at radius 1 is 1.00 bits per heavy atom. The summed E-state index contributed by atoms with van der Waals surface area (Å²) in [4.78, 5) is 11.5. The van der Waals surface area contributed by atoms with Gasteiger partial charge in [0.2, 0.25) is 10.0 Å². The topological polar surface area (TPSA) is 94.1 Å². The van der Waals surface area contributed by atoms with Crippen LogP contribution in [0.2, 0.25) is 0 Å². The molecule has 1 fully saturated rings. The number of nitrogens with zero attached hydrogens (tertiary/aromatic N) is 4. The zero-order valence-corrected chi connectivity index (χ0v) is 20.1. The quantitative estimate of drug-likeness (QED) is 0.518. The standard InChI is InChI=1S/C23H28N4O5S/c1-5-32-21-7-6-17(33(28,29)27-10-8-26(2)9-11-27)14-18(21)23-24-15-19-20(25-23)12-16(30-3)13-22(19)31-4/h6-7,12-15H,5,8-11H2,1-4H3. The highest BCUT2D eigenvalue weighted by Crippen LogP contribution is 2.35. The van der Waals surface area contributed by atoms with Gasteiger partial charge >= 0.3 is 0 Å². The number of hydrogen-bond donors (Lipinski definition) is 0. The van der Waals surface area contributed by atoms with Gasteiger partial charge in [-0.3, -0.25) is 0 Å². The van der Waals surface area contributed by atoms with Crippen LogP contribution < -0.4 is 14.2 Å². The number of fused-ring (bicyclic) bond motifs is 1. The summed E-state index contributed by atoms with van der Waals surface area (Å²) >= 11 is 0. The van der Waals surface area contributed by atoms with E-state index in [0.717, 1.165) is 5.39 Å². The molecule has 1 aromatic heterocycles. The highest BCUT2D eigenvalue weighted by molar-refractivity contribution is 7.89. The van der Waals surface area contributed by atoms with Crippen molar-refractivity contribution in [3.63, 3.8) is 0 Å². The molecule has 0 bridgehead atoms. The first-order valence-electron chi connectivity index (χ1n) is 10.7. The molecule has 1 aliphatic heterocycles. The molecule has 0 amide bonds. The summed E-state index contributed by atoms with van der Waals surface area (Å²) in [7, 11) is 1.47. The number of sulfonamides is 1. The first-order valence-corrected chi connectivity index (χ1v) is 12.2. The average molecular weight is 473 g/mol. The number of ether oxygens (including phenoxy) is 3. The molecule has 3 aromatic rings. The Bertz CT molecular complexity index is 1260. The van der Waals surface area contributed by atoms with Crippen LogP contribution in [0.25, 0.3) is 22.3 Å². The van der Waals surface area contributed by atoms with E-state index in [1.807, 2.05) is 14.0 Å².